The van der Waals surface area contributed by atoms with E-state index in [-0.39, 0.29) is 18.5 Å². The van der Waals surface area contributed by atoms with E-state index in [0.717, 1.165) is 12.2 Å². The molecule has 0 saturated carbocycles. The number of primary amides is 1. The van der Waals surface area contributed by atoms with Crippen molar-refractivity contribution in [2.24, 2.45) is 5.73 Å². The van der Waals surface area contributed by atoms with Crippen LogP contribution < -0.4 is 16.0 Å². The topological polar surface area (TPSA) is 58.4 Å². The maximum atomic E-state index is 11.2. The first-order valence-corrected chi connectivity index (χ1v) is 6.24. The predicted octanol–water partition coefficient (Wildman–Crippen LogP) is 1.41. The summed E-state index contributed by atoms with van der Waals surface area (Å²) in [5.41, 5.74) is 8.80. The number of carbonyl (C=O) groups excluding carboxylic acids is 1. The molecule has 0 saturated heterocycles. The summed E-state index contributed by atoms with van der Waals surface area (Å²) in [4.78, 5) is 13.2. The van der Waals surface area contributed by atoms with Gasteiger partial charge in [-0.3, -0.25) is 4.79 Å². The van der Waals surface area contributed by atoms with Gasteiger partial charge in [0.1, 0.15) is 0 Å². The summed E-state index contributed by atoms with van der Waals surface area (Å²) in [7, 11) is 1.92. The third-order valence-electron chi connectivity index (χ3n) is 2.86. The van der Waals surface area contributed by atoms with E-state index in [1.807, 2.05) is 11.9 Å². The van der Waals surface area contributed by atoms with Crippen LogP contribution in [0.5, 0.6) is 0 Å². The van der Waals surface area contributed by atoms with Gasteiger partial charge in [-0.1, -0.05) is 17.7 Å². The minimum absolute atomic E-state index is 0.232. The predicted molar refractivity (Wildman–Crippen MR) is 75.6 cm³/mol. The van der Waals surface area contributed by atoms with Crippen LogP contribution in [-0.2, 0) is 11.3 Å². The normalized spacial score (nSPS) is 10.7. The van der Waals surface area contributed by atoms with Gasteiger partial charge >= 0.3 is 0 Å². The molecule has 0 unspecified atom stereocenters. The van der Waals surface area contributed by atoms with Crippen LogP contribution in [0.2, 0.25) is 0 Å². The van der Waals surface area contributed by atoms with Crippen molar-refractivity contribution in [3.8, 4) is 0 Å². The number of nitrogens with two attached hydrogens (primary N) is 1. The number of rotatable bonds is 6. The molecule has 0 fully saturated rings. The highest BCUT2D eigenvalue weighted by molar-refractivity contribution is 5.80. The van der Waals surface area contributed by atoms with Gasteiger partial charge in [0.25, 0.3) is 0 Å². The van der Waals surface area contributed by atoms with Crippen molar-refractivity contribution in [1.82, 2.24) is 5.32 Å². The van der Waals surface area contributed by atoms with E-state index in [9.17, 15) is 4.79 Å². The van der Waals surface area contributed by atoms with Gasteiger partial charge in [-0.25, -0.2) is 0 Å². The molecular weight excluding hydrogens is 226 g/mol. The highest BCUT2D eigenvalue weighted by Crippen LogP contribution is 2.23. The van der Waals surface area contributed by atoms with E-state index in [2.05, 4.69) is 44.3 Å². The summed E-state index contributed by atoms with van der Waals surface area (Å²) in [6, 6.07) is 6.49. The lowest BCUT2D eigenvalue weighted by Crippen LogP contribution is -2.39. The Kier molecular flexibility index (Phi) is 5.16. The Bertz CT molecular complexity index is 416. The monoisotopic (exact) mass is 249 g/mol. The molecular formula is C14H23N3O. The summed E-state index contributed by atoms with van der Waals surface area (Å²) in [6.07, 6.45) is 0. The molecule has 3 N–H and O–H groups in total. The molecule has 0 bridgehead atoms. The standard InChI is InChI=1S/C14H23N3O/c1-10(2)17(9-14(15)18)13-6-5-11(3)7-12(13)8-16-4/h5-7,10,16H,8-9H2,1-4H3,(H2,15,18). The highest BCUT2D eigenvalue weighted by atomic mass is 16.1. The van der Waals surface area contributed by atoms with Crippen molar-refractivity contribution < 1.29 is 4.79 Å². The lowest BCUT2D eigenvalue weighted by Gasteiger charge is -2.30. The Labute approximate surface area is 109 Å². The largest absolute Gasteiger partial charge is 0.368 e. The number of hydrogen-bond donors (Lipinski definition) is 2. The van der Waals surface area contributed by atoms with Crippen LogP contribution in [-0.4, -0.2) is 25.5 Å². The van der Waals surface area contributed by atoms with Crippen molar-refractivity contribution in [3.05, 3.63) is 29.3 Å². The van der Waals surface area contributed by atoms with Crippen molar-refractivity contribution in [2.45, 2.75) is 33.4 Å². The molecule has 1 rings (SSSR count). The molecule has 0 aliphatic heterocycles. The number of amides is 1. The Morgan fingerprint density at radius 2 is 2.11 bits per heavy atom. The number of nitrogens with one attached hydrogen (secondary N) is 1. The second kappa shape index (κ2) is 6.40. The smallest absolute Gasteiger partial charge is 0.236 e. The fraction of sp³-hybridized carbons (Fsp3) is 0.500. The van der Waals surface area contributed by atoms with Gasteiger partial charge in [0, 0.05) is 18.3 Å². The van der Waals surface area contributed by atoms with Gasteiger partial charge in [0.05, 0.1) is 6.54 Å². The van der Waals surface area contributed by atoms with Crippen molar-refractivity contribution in [1.29, 1.82) is 0 Å². The molecule has 18 heavy (non-hydrogen) atoms. The SMILES string of the molecule is CNCc1cc(C)ccc1N(CC(N)=O)C(C)C. The number of aryl methyl sites for hydroxylation is 1. The summed E-state index contributed by atoms with van der Waals surface area (Å²) >= 11 is 0. The third kappa shape index (κ3) is 3.74. The summed E-state index contributed by atoms with van der Waals surface area (Å²) in [6.45, 7) is 7.21. The number of anilines is 1. The van der Waals surface area contributed by atoms with Crippen molar-refractivity contribution in [3.63, 3.8) is 0 Å². The zero-order chi connectivity index (χ0) is 13.7. The highest BCUT2D eigenvalue weighted by Gasteiger charge is 2.16. The molecule has 1 amide bonds. The molecule has 1 aromatic rings. The van der Waals surface area contributed by atoms with Crippen LogP contribution >= 0.6 is 0 Å². The lowest BCUT2D eigenvalue weighted by atomic mass is 10.1. The molecule has 0 aromatic heterocycles. The zero-order valence-electron chi connectivity index (χ0n) is 11.7. The Balaban J connectivity index is 3.13. The van der Waals surface area contributed by atoms with Crippen LogP contribution in [0.25, 0.3) is 0 Å². The van der Waals surface area contributed by atoms with E-state index in [0.29, 0.717) is 0 Å². The fourth-order valence-electron chi connectivity index (χ4n) is 2.04. The minimum atomic E-state index is -0.306. The molecule has 0 aliphatic rings. The molecule has 4 heteroatoms. The third-order valence-corrected chi connectivity index (χ3v) is 2.86. The average Bonchev–Trinajstić information content (AvgIpc) is 2.26. The van der Waals surface area contributed by atoms with Crippen molar-refractivity contribution >= 4 is 11.6 Å². The molecule has 4 nitrogen and oxygen atoms in total. The number of benzene rings is 1. The molecule has 100 valence electrons. The average molecular weight is 249 g/mol. The molecule has 0 aliphatic carbocycles. The summed E-state index contributed by atoms with van der Waals surface area (Å²) in [5.74, 6) is -0.306. The molecule has 0 radical (unpaired) electrons. The maximum Gasteiger partial charge on any atom is 0.236 e. The van der Waals surface area contributed by atoms with Crippen LogP contribution in [0, 0.1) is 6.92 Å². The second-order valence-electron chi connectivity index (χ2n) is 4.85. The number of carbonyl (C=O) groups is 1. The Hall–Kier alpha value is -1.55. The quantitative estimate of drug-likeness (QED) is 0.801. The van der Waals surface area contributed by atoms with Gasteiger partial charge in [-0.15, -0.1) is 0 Å². The van der Waals surface area contributed by atoms with E-state index in [1.54, 1.807) is 0 Å². The van der Waals surface area contributed by atoms with Crippen LogP contribution in [0.15, 0.2) is 18.2 Å². The van der Waals surface area contributed by atoms with Gasteiger partial charge < -0.3 is 16.0 Å². The molecule has 0 spiro atoms. The Morgan fingerprint density at radius 1 is 1.44 bits per heavy atom. The van der Waals surface area contributed by atoms with Crippen LogP contribution in [0.3, 0.4) is 0 Å². The van der Waals surface area contributed by atoms with Gasteiger partial charge in [-0.05, 0) is 39.4 Å². The maximum absolute atomic E-state index is 11.2. The number of hydrogen-bond acceptors (Lipinski definition) is 3. The Morgan fingerprint density at radius 3 is 2.61 bits per heavy atom. The minimum Gasteiger partial charge on any atom is -0.368 e. The van der Waals surface area contributed by atoms with Gasteiger partial charge in [0.2, 0.25) is 5.91 Å². The first-order chi connectivity index (χ1) is 8.45. The fourth-order valence-corrected chi connectivity index (χ4v) is 2.04. The molecule has 0 heterocycles. The zero-order valence-corrected chi connectivity index (χ0v) is 11.7. The number of nitrogens with zero attached hydrogens (tertiary/aromatic N) is 1. The van der Waals surface area contributed by atoms with Crippen LogP contribution in [0.1, 0.15) is 25.0 Å². The van der Waals surface area contributed by atoms with E-state index < -0.39 is 0 Å². The van der Waals surface area contributed by atoms with E-state index >= 15 is 0 Å². The first-order valence-electron chi connectivity index (χ1n) is 6.24. The first kappa shape index (κ1) is 14.5. The molecule has 1 aromatic carbocycles. The second-order valence-corrected chi connectivity index (χ2v) is 4.85. The van der Waals surface area contributed by atoms with E-state index in [4.69, 9.17) is 5.73 Å². The molecule has 0 atom stereocenters. The summed E-state index contributed by atoms with van der Waals surface area (Å²) < 4.78 is 0. The van der Waals surface area contributed by atoms with Gasteiger partial charge in [0.15, 0.2) is 0 Å². The van der Waals surface area contributed by atoms with Crippen LogP contribution in [0.4, 0.5) is 5.69 Å². The summed E-state index contributed by atoms with van der Waals surface area (Å²) in [5, 5.41) is 3.16. The van der Waals surface area contributed by atoms with Crippen molar-refractivity contribution in [2.75, 3.05) is 18.5 Å². The lowest BCUT2D eigenvalue weighted by molar-refractivity contribution is -0.116. The van der Waals surface area contributed by atoms with E-state index in [1.165, 1.54) is 11.1 Å². The van der Waals surface area contributed by atoms with Gasteiger partial charge in [-0.2, -0.15) is 0 Å².